The molecule has 4 rings (SSSR count). The number of aromatic nitrogens is 5. The van der Waals surface area contributed by atoms with E-state index in [-0.39, 0.29) is 47.7 Å². The van der Waals surface area contributed by atoms with Gasteiger partial charge in [0.1, 0.15) is 11.4 Å². The molecule has 0 saturated carbocycles. The number of hydrogen-bond acceptors (Lipinski definition) is 9. The van der Waals surface area contributed by atoms with Crippen molar-refractivity contribution in [2.24, 2.45) is 0 Å². The Bertz CT molecular complexity index is 1690. The van der Waals surface area contributed by atoms with E-state index in [0.29, 0.717) is 11.6 Å². The van der Waals surface area contributed by atoms with Gasteiger partial charge in [-0.3, -0.25) is 9.59 Å². The third kappa shape index (κ3) is 6.79. The van der Waals surface area contributed by atoms with E-state index in [1.54, 1.807) is 11.2 Å². The molecule has 0 radical (unpaired) electrons. The van der Waals surface area contributed by atoms with Crippen molar-refractivity contribution in [1.29, 1.82) is 0 Å². The van der Waals surface area contributed by atoms with Crippen LogP contribution in [0.5, 0.6) is 5.75 Å². The highest BCUT2D eigenvalue weighted by atomic mass is 19.4. The van der Waals surface area contributed by atoms with Gasteiger partial charge in [-0.25, -0.2) is 19.5 Å². The lowest BCUT2D eigenvalue weighted by Crippen LogP contribution is -2.32. The number of nitrogen functional groups attached to an aromatic ring is 1. The summed E-state index contributed by atoms with van der Waals surface area (Å²) in [6, 6.07) is 2.83. The van der Waals surface area contributed by atoms with Crippen molar-refractivity contribution >= 4 is 22.3 Å². The van der Waals surface area contributed by atoms with Gasteiger partial charge in [-0.1, -0.05) is 0 Å². The van der Waals surface area contributed by atoms with Crippen LogP contribution in [0, 0.1) is 5.82 Å². The van der Waals surface area contributed by atoms with Gasteiger partial charge >= 0.3 is 12.8 Å². The Morgan fingerprint density at radius 3 is 2.62 bits per heavy atom. The fourth-order valence-corrected chi connectivity index (χ4v) is 4.23. The number of aromatic amines is 1. The number of methoxy groups -OCH3 is 1. The number of nitrogens with zero attached hydrogens (tertiary/aromatic N) is 4. The zero-order valence-corrected chi connectivity index (χ0v) is 21.7. The number of nitrogens with one attached hydrogen (secondary N) is 2. The quantitative estimate of drug-likeness (QED) is 0.219. The summed E-state index contributed by atoms with van der Waals surface area (Å²) in [6.07, 6.45) is -1.58. The molecule has 0 aliphatic rings. The van der Waals surface area contributed by atoms with Crippen LogP contribution in [0.25, 0.3) is 22.2 Å². The van der Waals surface area contributed by atoms with Gasteiger partial charge in [0.2, 0.25) is 0 Å². The second-order valence-electron chi connectivity index (χ2n) is 8.94. The zero-order valence-electron chi connectivity index (χ0n) is 21.7. The lowest BCUT2D eigenvalue weighted by Gasteiger charge is -2.22. The maximum absolute atomic E-state index is 15.0. The van der Waals surface area contributed by atoms with Crippen molar-refractivity contribution in [2.75, 3.05) is 24.8 Å². The second-order valence-corrected chi connectivity index (χ2v) is 8.94. The molecule has 42 heavy (non-hydrogen) atoms. The van der Waals surface area contributed by atoms with Gasteiger partial charge in [-0.05, 0) is 36.4 Å². The molecule has 0 bridgehead atoms. The first-order valence-corrected chi connectivity index (χ1v) is 12.2. The van der Waals surface area contributed by atoms with Crippen molar-refractivity contribution in [3.8, 4) is 17.1 Å². The number of fused-ring (bicyclic) bond motifs is 1. The predicted molar refractivity (Wildman–Crippen MR) is 139 cm³/mol. The van der Waals surface area contributed by atoms with Gasteiger partial charge in [0, 0.05) is 18.8 Å². The van der Waals surface area contributed by atoms with Crippen LogP contribution in [0.15, 0.2) is 46.4 Å². The number of hydrogen-bond donors (Lipinski definition) is 3. The number of H-pyrrole nitrogens is 1. The Balaban J connectivity index is 1.53. The van der Waals surface area contributed by atoms with Crippen molar-refractivity contribution in [2.45, 2.75) is 38.2 Å². The zero-order chi connectivity index (χ0) is 30.6. The molecule has 1 atom stereocenters. The van der Waals surface area contributed by atoms with E-state index < -0.39 is 53.6 Å². The van der Waals surface area contributed by atoms with Gasteiger partial charge in [0.25, 0.3) is 11.1 Å². The first-order valence-electron chi connectivity index (χ1n) is 12.2. The van der Waals surface area contributed by atoms with Gasteiger partial charge in [-0.2, -0.15) is 27.1 Å². The molecule has 4 N–H and O–H groups in total. The van der Waals surface area contributed by atoms with Crippen molar-refractivity contribution < 1.29 is 35.8 Å². The fourth-order valence-electron chi connectivity index (χ4n) is 4.23. The fraction of sp³-hybridized carbons (Fsp3) is 0.320. The van der Waals surface area contributed by atoms with Gasteiger partial charge in [0.15, 0.2) is 17.4 Å². The van der Waals surface area contributed by atoms with E-state index in [0.717, 1.165) is 6.07 Å². The minimum atomic E-state index is -5.05. The van der Waals surface area contributed by atoms with Crippen LogP contribution < -0.4 is 26.9 Å². The first kappa shape index (κ1) is 30.3. The van der Waals surface area contributed by atoms with Crippen LogP contribution in [0.4, 0.5) is 37.8 Å². The topological polar surface area (TPSA) is 150 Å². The largest absolute Gasteiger partial charge is 0.491 e. The highest BCUT2D eigenvalue weighted by molar-refractivity contribution is 5.86. The number of halogens is 6. The Morgan fingerprint density at radius 1 is 1.19 bits per heavy atom. The predicted octanol–water partition coefficient (Wildman–Crippen LogP) is 3.79. The van der Waals surface area contributed by atoms with Crippen molar-refractivity contribution in [3.63, 3.8) is 0 Å². The van der Waals surface area contributed by atoms with Gasteiger partial charge in [0.05, 0.1) is 42.7 Å². The Morgan fingerprint density at radius 2 is 1.95 bits per heavy atom. The monoisotopic (exact) mass is 599 g/mol. The highest BCUT2D eigenvalue weighted by Gasteiger charge is 2.37. The normalized spacial score (nSPS) is 12.6. The third-order valence-corrected chi connectivity index (χ3v) is 6.18. The van der Waals surface area contributed by atoms with Crippen LogP contribution in [-0.4, -0.2) is 51.1 Å². The Hall–Kier alpha value is -4.67. The van der Waals surface area contributed by atoms with Crippen molar-refractivity contribution in [1.82, 2.24) is 24.7 Å². The minimum Gasteiger partial charge on any atom is -0.491 e. The molecular formula is C25H23F6N7O4. The molecule has 11 nitrogen and oxygen atoms in total. The number of pyridine rings is 1. The number of rotatable bonds is 11. The maximum atomic E-state index is 15.0. The summed E-state index contributed by atoms with van der Waals surface area (Å²) in [7, 11) is 1.37. The molecule has 0 saturated heterocycles. The molecule has 0 amide bonds. The molecule has 17 heteroatoms. The summed E-state index contributed by atoms with van der Waals surface area (Å²) >= 11 is 0. The average molecular weight is 599 g/mol. The average Bonchev–Trinajstić information content (AvgIpc) is 2.92. The standard InChI is InChI=1S/C25H23F6N7O4/c1-41-18-10-33-21(36-20(18)32)15-7-12-4-6-38(23(40)14(12)8-16(15)26)5-2-3-13(11-42-24(27)28)35-17-9-34-37-22(39)19(17)25(29,30)31/h4,6-10,13,24H,2-3,5,11H2,1H3,(H2,32,33,36)(H2,35,37,39). The van der Waals surface area contributed by atoms with E-state index >= 15 is 0 Å². The number of alkyl halides is 5. The summed E-state index contributed by atoms with van der Waals surface area (Å²) < 4.78 is 91.1. The molecule has 1 aromatic carbocycles. The molecule has 0 aliphatic heterocycles. The Labute approximate surface area is 232 Å². The molecule has 0 spiro atoms. The smallest absolute Gasteiger partial charge is 0.423 e. The van der Waals surface area contributed by atoms with Crippen molar-refractivity contribution in [3.05, 3.63) is 68.9 Å². The maximum Gasteiger partial charge on any atom is 0.423 e. The van der Waals surface area contributed by atoms with E-state index in [9.17, 15) is 35.9 Å². The first-order chi connectivity index (χ1) is 19.9. The molecule has 4 aromatic rings. The van der Waals surface area contributed by atoms with Gasteiger partial charge in [-0.15, -0.1) is 0 Å². The van der Waals surface area contributed by atoms with Gasteiger partial charge < -0.3 is 25.1 Å². The third-order valence-electron chi connectivity index (χ3n) is 6.18. The van der Waals surface area contributed by atoms with Crippen LogP contribution in [0.3, 0.4) is 0 Å². The summed E-state index contributed by atoms with van der Waals surface area (Å²) in [5.74, 6) is -0.613. The second kappa shape index (κ2) is 12.5. The van der Waals surface area contributed by atoms with E-state index in [1.165, 1.54) is 30.1 Å². The number of nitrogens with two attached hydrogens (primary N) is 1. The minimum absolute atomic E-state index is 0.00286. The number of aryl methyl sites for hydroxylation is 1. The molecule has 1 unspecified atom stereocenters. The molecule has 0 fully saturated rings. The molecule has 224 valence electrons. The molecule has 0 aliphatic carbocycles. The Kier molecular flexibility index (Phi) is 8.99. The lowest BCUT2D eigenvalue weighted by atomic mass is 10.1. The number of anilines is 2. The summed E-state index contributed by atoms with van der Waals surface area (Å²) in [5, 5.41) is 7.81. The summed E-state index contributed by atoms with van der Waals surface area (Å²) in [4.78, 5) is 32.9. The lowest BCUT2D eigenvalue weighted by molar-refractivity contribution is -0.138. The summed E-state index contributed by atoms with van der Waals surface area (Å²) in [6.45, 7) is -3.90. The van der Waals surface area contributed by atoms with Crippen LogP contribution in [0.2, 0.25) is 0 Å². The van der Waals surface area contributed by atoms with E-state index in [4.69, 9.17) is 10.5 Å². The SMILES string of the molecule is COc1cnc(-c2cc3ccn(CCCC(COC(F)F)Nc4cn[nH]c(=O)c4C(F)(F)F)c(=O)c3cc2F)nc1N. The van der Waals surface area contributed by atoms with Crippen LogP contribution >= 0.6 is 0 Å². The molecular weight excluding hydrogens is 576 g/mol. The number of ether oxygens (including phenoxy) is 2. The highest BCUT2D eigenvalue weighted by Crippen LogP contribution is 2.32. The van der Waals surface area contributed by atoms with Crippen LogP contribution in [0.1, 0.15) is 18.4 Å². The molecule has 3 heterocycles. The molecule has 3 aromatic heterocycles. The number of benzene rings is 1. The summed E-state index contributed by atoms with van der Waals surface area (Å²) in [5.41, 5.74) is 1.40. The van der Waals surface area contributed by atoms with E-state index in [2.05, 4.69) is 25.1 Å². The van der Waals surface area contributed by atoms with E-state index in [1.807, 2.05) is 0 Å². The van der Waals surface area contributed by atoms with Crippen LogP contribution in [-0.2, 0) is 17.5 Å².